The molecule has 2 atom stereocenters. The summed E-state index contributed by atoms with van der Waals surface area (Å²) in [7, 11) is 0. The molecule has 2 unspecified atom stereocenters. The number of aliphatic carboxylic acids is 1. The number of carbonyl (C=O) groups excluding carboxylic acids is 3. The van der Waals surface area contributed by atoms with Gasteiger partial charge in [0.05, 0.1) is 13.2 Å². The van der Waals surface area contributed by atoms with E-state index in [1.165, 1.54) is 0 Å². The van der Waals surface area contributed by atoms with Crippen LogP contribution < -0.4 is 10.6 Å². The molecule has 0 aliphatic heterocycles. The molecule has 0 aromatic rings. The van der Waals surface area contributed by atoms with Crippen LogP contribution in [0.2, 0.25) is 0 Å². The number of carboxylic acids is 1. The maximum Gasteiger partial charge on any atom is 0.328 e. The van der Waals surface area contributed by atoms with Gasteiger partial charge in [0, 0.05) is 12.8 Å². The Morgan fingerprint density at radius 2 is 1.13 bits per heavy atom. The molecule has 0 rings (SSSR count). The molecule has 0 aliphatic rings. The Kier molecular flexibility index (Phi) is 34.9. The predicted molar refractivity (Wildman–Crippen MR) is 217 cm³/mol. The minimum atomic E-state index is -1.39. The van der Waals surface area contributed by atoms with Crippen LogP contribution in [0.1, 0.15) is 142 Å². The van der Waals surface area contributed by atoms with Crippen molar-refractivity contribution in [3.05, 3.63) is 85.1 Å². The second kappa shape index (κ2) is 37.8. The van der Waals surface area contributed by atoms with Crippen LogP contribution in [0.25, 0.3) is 0 Å². The Labute approximate surface area is 320 Å². The maximum absolute atomic E-state index is 12.5. The first-order chi connectivity index (χ1) is 25.8. The molecule has 9 nitrogen and oxygen atoms in total. The number of rotatable bonds is 34. The molecule has 0 saturated heterocycles. The number of hydrogen-bond acceptors (Lipinski definition) is 6. The van der Waals surface area contributed by atoms with Crippen LogP contribution in [0.3, 0.4) is 0 Å². The lowest BCUT2D eigenvalue weighted by Crippen LogP contribution is -2.47. The number of carboxylic acid groups (broad SMARTS) is 1. The lowest BCUT2D eigenvalue weighted by Gasteiger charge is -2.15. The number of nitrogens with one attached hydrogen (secondary N) is 2. The molecule has 0 saturated carbocycles. The highest BCUT2D eigenvalue weighted by molar-refractivity contribution is 5.87. The number of aliphatic hydroxyl groups is 1. The van der Waals surface area contributed by atoms with Crippen molar-refractivity contribution in [2.24, 2.45) is 0 Å². The first-order valence-corrected chi connectivity index (χ1v) is 20.0. The number of unbranched alkanes of at least 4 members (excludes halogenated alkanes) is 8. The van der Waals surface area contributed by atoms with Gasteiger partial charge in [0.1, 0.15) is 12.1 Å². The third kappa shape index (κ3) is 34.9. The Bertz CT molecular complexity index is 1170. The molecule has 0 radical (unpaired) electrons. The fraction of sp³-hybridized carbons (Fsp3) is 0.591. The number of allylic oxidation sites excluding steroid dienone is 13. The highest BCUT2D eigenvalue weighted by Crippen LogP contribution is 2.14. The Morgan fingerprint density at radius 1 is 0.604 bits per heavy atom. The van der Waals surface area contributed by atoms with Crippen LogP contribution in [0.15, 0.2) is 85.1 Å². The summed E-state index contributed by atoms with van der Waals surface area (Å²) in [6.45, 7) is 3.19. The van der Waals surface area contributed by atoms with Crippen LogP contribution in [0.4, 0.5) is 0 Å². The molecular formula is C44H70N2O7. The zero-order chi connectivity index (χ0) is 39.0. The van der Waals surface area contributed by atoms with Crippen molar-refractivity contribution in [3.63, 3.8) is 0 Å². The van der Waals surface area contributed by atoms with Gasteiger partial charge in [0.15, 0.2) is 0 Å². The summed E-state index contributed by atoms with van der Waals surface area (Å²) >= 11 is 0. The molecule has 4 N–H and O–H groups in total. The van der Waals surface area contributed by atoms with Crippen LogP contribution in [0.5, 0.6) is 0 Å². The number of hydrogen-bond donors (Lipinski definition) is 4. The molecule has 0 aliphatic carbocycles. The maximum atomic E-state index is 12.5. The van der Waals surface area contributed by atoms with Crippen molar-refractivity contribution in [3.8, 4) is 0 Å². The van der Waals surface area contributed by atoms with Crippen LogP contribution in [-0.2, 0) is 23.9 Å². The predicted octanol–water partition coefficient (Wildman–Crippen LogP) is 9.31. The van der Waals surface area contributed by atoms with Gasteiger partial charge in [-0.3, -0.25) is 14.4 Å². The Hall–Kier alpha value is -3.98. The SMILES string of the molecule is CC/C=C\C/C=C\C/C=C\C/C=C\C/C=C\C/C=C\CCCCCCC(=O)OC(/C=C\CCC)CCCCCCC(=O)NCC(=O)NC(CO)C(=O)O. The van der Waals surface area contributed by atoms with Gasteiger partial charge >= 0.3 is 11.9 Å². The summed E-state index contributed by atoms with van der Waals surface area (Å²) in [6, 6.07) is -1.39. The number of aliphatic hydroxyl groups excluding tert-OH is 1. The van der Waals surface area contributed by atoms with E-state index in [2.05, 4.69) is 103 Å². The van der Waals surface area contributed by atoms with Crippen molar-refractivity contribution < 1.29 is 34.1 Å². The first-order valence-electron chi connectivity index (χ1n) is 20.0. The molecule has 0 fully saturated rings. The summed E-state index contributed by atoms with van der Waals surface area (Å²) in [4.78, 5) is 47.1. The van der Waals surface area contributed by atoms with Crippen molar-refractivity contribution in [1.29, 1.82) is 0 Å². The van der Waals surface area contributed by atoms with Gasteiger partial charge in [-0.2, -0.15) is 0 Å². The van der Waals surface area contributed by atoms with E-state index in [0.717, 1.165) is 109 Å². The average molecular weight is 739 g/mol. The van der Waals surface area contributed by atoms with Gasteiger partial charge in [-0.25, -0.2) is 4.79 Å². The molecule has 2 amide bonds. The monoisotopic (exact) mass is 739 g/mol. The second-order valence-corrected chi connectivity index (χ2v) is 13.0. The molecule has 0 spiro atoms. The van der Waals surface area contributed by atoms with Crippen molar-refractivity contribution in [2.75, 3.05) is 13.2 Å². The highest BCUT2D eigenvalue weighted by atomic mass is 16.5. The Morgan fingerprint density at radius 3 is 1.68 bits per heavy atom. The molecular weight excluding hydrogens is 668 g/mol. The zero-order valence-electron chi connectivity index (χ0n) is 32.7. The summed E-state index contributed by atoms with van der Waals surface area (Å²) < 4.78 is 5.79. The van der Waals surface area contributed by atoms with Gasteiger partial charge in [0.25, 0.3) is 0 Å². The van der Waals surface area contributed by atoms with E-state index in [-0.39, 0.29) is 30.9 Å². The molecule has 298 valence electrons. The molecule has 0 aromatic carbocycles. The first kappa shape index (κ1) is 49.0. The number of carbonyl (C=O) groups is 4. The fourth-order valence-corrected chi connectivity index (χ4v) is 5.04. The Balaban J connectivity index is 4.00. The summed E-state index contributed by atoms with van der Waals surface area (Å²) in [5.41, 5.74) is 0. The minimum Gasteiger partial charge on any atom is -0.480 e. The van der Waals surface area contributed by atoms with Gasteiger partial charge in [-0.05, 0) is 89.5 Å². The summed E-state index contributed by atoms with van der Waals surface area (Å²) in [5.74, 6) is -2.46. The lowest BCUT2D eigenvalue weighted by atomic mass is 10.1. The molecule has 0 bridgehead atoms. The lowest BCUT2D eigenvalue weighted by molar-refractivity contribution is -0.147. The van der Waals surface area contributed by atoms with E-state index in [1.54, 1.807) is 0 Å². The zero-order valence-corrected chi connectivity index (χ0v) is 32.7. The average Bonchev–Trinajstić information content (AvgIpc) is 3.14. The smallest absolute Gasteiger partial charge is 0.328 e. The van der Waals surface area contributed by atoms with Gasteiger partial charge in [-0.1, -0.05) is 125 Å². The topological polar surface area (TPSA) is 142 Å². The number of ether oxygens (including phenoxy) is 1. The van der Waals surface area contributed by atoms with E-state index in [9.17, 15) is 19.2 Å². The molecule has 0 aromatic heterocycles. The third-order valence-electron chi connectivity index (χ3n) is 8.09. The number of esters is 1. The number of amides is 2. The van der Waals surface area contributed by atoms with E-state index in [0.29, 0.717) is 12.8 Å². The van der Waals surface area contributed by atoms with Gasteiger partial charge < -0.3 is 25.6 Å². The quantitative estimate of drug-likeness (QED) is 0.0293. The third-order valence-corrected chi connectivity index (χ3v) is 8.09. The summed E-state index contributed by atoms with van der Waals surface area (Å²) in [5, 5.41) is 22.4. The van der Waals surface area contributed by atoms with E-state index >= 15 is 0 Å². The molecule has 53 heavy (non-hydrogen) atoms. The van der Waals surface area contributed by atoms with Gasteiger partial charge in [0.2, 0.25) is 11.8 Å². The highest BCUT2D eigenvalue weighted by Gasteiger charge is 2.18. The molecule has 9 heteroatoms. The fourth-order valence-electron chi connectivity index (χ4n) is 5.04. The van der Waals surface area contributed by atoms with Crippen LogP contribution in [0, 0.1) is 0 Å². The molecule has 0 heterocycles. The largest absolute Gasteiger partial charge is 0.480 e. The second-order valence-electron chi connectivity index (χ2n) is 13.0. The van der Waals surface area contributed by atoms with E-state index < -0.39 is 24.5 Å². The normalized spacial score (nSPS) is 13.4. The minimum absolute atomic E-state index is 0.150. The standard InChI is InChI=1S/C44H70N2O7/c1-3-5-7-8-9-10-11-12-13-14-15-16-17-18-19-20-21-22-23-24-25-26-32-36-43(50)53-39(33-29-6-4-2)34-30-27-28-31-35-41(48)45-37-42(49)46-40(38-47)44(51)52/h5,7,9-10,12-13,15-16,18-19,21-22,29,33,39-40,47H,3-4,6,8,11,14,17,20,23-28,30-32,34-38H2,1-2H3,(H,45,48)(H,46,49)(H,51,52)/b7-5-,10-9-,13-12-,16-15-,19-18-,22-21-,33-29-. The van der Waals surface area contributed by atoms with Gasteiger partial charge in [-0.15, -0.1) is 0 Å². The van der Waals surface area contributed by atoms with E-state index in [1.807, 2.05) is 6.08 Å². The van der Waals surface area contributed by atoms with Crippen molar-refractivity contribution in [1.82, 2.24) is 10.6 Å². The van der Waals surface area contributed by atoms with E-state index in [4.69, 9.17) is 14.9 Å². The van der Waals surface area contributed by atoms with Crippen LogP contribution in [-0.4, -0.2) is 59.3 Å². The summed E-state index contributed by atoms with van der Waals surface area (Å²) in [6.07, 6.45) is 48.1. The van der Waals surface area contributed by atoms with Crippen LogP contribution >= 0.6 is 0 Å². The van der Waals surface area contributed by atoms with Crippen molar-refractivity contribution >= 4 is 23.8 Å². The van der Waals surface area contributed by atoms with Crippen molar-refractivity contribution in [2.45, 2.75) is 154 Å².